The number of isocyanates is 1. The number of aliphatic imine (C=N–C) groups is 1. The Bertz CT molecular complexity index is 941. The average Bonchev–Trinajstić information content (AvgIpc) is 2.84. The molecule has 1 aliphatic rings. The molecule has 1 aromatic heterocycles. The number of rotatable bonds is 3. The Morgan fingerprint density at radius 3 is 2.48 bits per heavy atom. The van der Waals surface area contributed by atoms with Gasteiger partial charge in [0, 0.05) is 27.8 Å². The van der Waals surface area contributed by atoms with E-state index in [2.05, 4.69) is 65.9 Å². The first kappa shape index (κ1) is 14.2. The van der Waals surface area contributed by atoms with Crippen molar-refractivity contribution in [1.82, 2.24) is 4.57 Å². The maximum Gasteiger partial charge on any atom is 0.235 e. The first-order valence-electron chi connectivity index (χ1n) is 8.28. The van der Waals surface area contributed by atoms with Gasteiger partial charge in [0.25, 0.3) is 0 Å². The predicted octanol–water partition coefficient (Wildman–Crippen LogP) is 5.09. The molecule has 4 rings (SSSR count). The second kappa shape index (κ2) is 5.07. The van der Waals surface area contributed by atoms with Crippen molar-refractivity contribution in [2.75, 3.05) is 0 Å². The summed E-state index contributed by atoms with van der Waals surface area (Å²) >= 11 is 0. The van der Waals surface area contributed by atoms with E-state index in [-0.39, 0.29) is 5.54 Å². The van der Waals surface area contributed by atoms with Crippen LogP contribution in [0.1, 0.15) is 44.7 Å². The smallest absolute Gasteiger partial charge is 0.235 e. The van der Waals surface area contributed by atoms with Gasteiger partial charge >= 0.3 is 0 Å². The van der Waals surface area contributed by atoms with Gasteiger partial charge in [-0.1, -0.05) is 24.3 Å². The quantitative estimate of drug-likeness (QED) is 0.490. The zero-order valence-corrected chi connectivity index (χ0v) is 13.5. The van der Waals surface area contributed by atoms with Crippen LogP contribution in [0, 0.1) is 0 Å². The van der Waals surface area contributed by atoms with Gasteiger partial charge in [0.05, 0.1) is 5.54 Å². The van der Waals surface area contributed by atoms with E-state index in [1.54, 1.807) is 6.08 Å². The van der Waals surface area contributed by atoms with Gasteiger partial charge < -0.3 is 4.57 Å². The summed E-state index contributed by atoms with van der Waals surface area (Å²) < 4.78 is 2.38. The largest absolute Gasteiger partial charge is 0.338 e. The first-order valence-corrected chi connectivity index (χ1v) is 8.28. The van der Waals surface area contributed by atoms with E-state index >= 15 is 0 Å². The molecule has 1 heterocycles. The summed E-state index contributed by atoms with van der Waals surface area (Å²) in [4.78, 5) is 15.0. The van der Waals surface area contributed by atoms with Crippen molar-refractivity contribution in [2.45, 2.75) is 44.7 Å². The number of hydrogen-bond acceptors (Lipinski definition) is 2. The molecular formula is C20H20N2O. The third kappa shape index (κ3) is 1.97. The lowest BCUT2D eigenvalue weighted by molar-refractivity contribution is 0.256. The molecular weight excluding hydrogens is 284 g/mol. The molecule has 23 heavy (non-hydrogen) atoms. The van der Waals surface area contributed by atoms with Crippen LogP contribution in [-0.2, 0) is 10.3 Å². The summed E-state index contributed by atoms with van der Waals surface area (Å²) in [6, 6.07) is 15.5. The van der Waals surface area contributed by atoms with E-state index in [9.17, 15) is 4.79 Å². The number of fused-ring (bicyclic) bond motifs is 3. The number of carbonyl (C=O) groups excluding carboxylic acids is 1. The Labute approximate surface area is 135 Å². The lowest BCUT2D eigenvalue weighted by Crippen LogP contribution is -2.31. The van der Waals surface area contributed by atoms with Gasteiger partial charge in [0.2, 0.25) is 6.08 Å². The van der Waals surface area contributed by atoms with Gasteiger partial charge in [-0.15, -0.1) is 0 Å². The van der Waals surface area contributed by atoms with Gasteiger partial charge in [-0.25, -0.2) is 4.79 Å². The molecule has 0 bridgehead atoms. The van der Waals surface area contributed by atoms with Crippen molar-refractivity contribution < 1.29 is 4.79 Å². The standard InChI is InChI=1S/C20H20N2O/c1-14(2)22-18-7-4-3-6-16(18)17-12-15(8-9-19(17)22)20(21-13-23)10-5-11-20/h3-4,6-9,12,14H,5,10-11H2,1-2H3. The van der Waals surface area contributed by atoms with Crippen LogP contribution >= 0.6 is 0 Å². The molecule has 1 saturated carbocycles. The fourth-order valence-corrected chi connectivity index (χ4v) is 3.91. The van der Waals surface area contributed by atoms with Crippen LogP contribution in [-0.4, -0.2) is 10.6 Å². The molecule has 0 atom stereocenters. The van der Waals surface area contributed by atoms with E-state index in [4.69, 9.17) is 0 Å². The summed E-state index contributed by atoms with van der Waals surface area (Å²) in [7, 11) is 0. The van der Waals surface area contributed by atoms with Crippen molar-refractivity contribution in [1.29, 1.82) is 0 Å². The highest BCUT2D eigenvalue weighted by Crippen LogP contribution is 2.46. The molecule has 0 saturated heterocycles. The number of nitrogens with zero attached hydrogens (tertiary/aromatic N) is 2. The molecule has 0 unspecified atom stereocenters. The second-order valence-corrected chi connectivity index (χ2v) is 6.80. The molecule has 0 spiro atoms. The monoisotopic (exact) mass is 304 g/mol. The van der Waals surface area contributed by atoms with Crippen LogP contribution in [0.2, 0.25) is 0 Å². The van der Waals surface area contributed by atoms with E-state index < -0.39 is 0 Å². The number of benzene rings is 2. The molecule has 0 aliphatic heterocycles. The number of hydrogen-bond donors (Lipinski definition) is 0. The fraction of sp³-hybridized carbons (Fsp3) is 0.350. The average molecular weight is 304 g/mol. The fourth-order valence-electron chi connectivity index (χ4n) is 3.91. The predicted molar refractivity (Wildman–Crippen MR) is 93.5 cm³/mol. The molecule has 0 N–H and O–H groups in total. The molecule has 1 aliphatic carbocycles. The van der Waals surface area contributed by atoms with Crippen LogP contribution in [0.25, 0.3) is 21.8 Å². The highest BCUT2D eigenvalue weighted by molar-refractivity contribution is 6.08. The van der Waals surface area contributed by atoms with Crippen molar-refractivity contribution >= 4 is 27.9 Å². The van der Waals surface area contributed by atoms with Gasteiger partial charge in [-0.3, -0.25) is 0 Å². The molecule has 3 nitrogen and oxygen atoms in total. The lowest BCUT2D eigenvalue weighted by atomic mass is 9.72. The van der Waals surface area contributed by atoms with E-state index in [0.29, 0.717) is 6.04 Å². The molecule has 0 radical (unpaired) electrons. The lowest BCUT2D eigenvalue weighted by Gasteiger charge is -2.37. The van der Waals surface area contributed by atoms with Gasteiger partial charge in [-0.2, -0.15) is 4.99 Å². The molecule has 3 heteroatoms. The number of aromatic nitrogens is 1. The summed E-state index contributed by atoms with van der Waals surface area (Å²) in [5.41, 5.74) is 3.31. The van der Waals surface area contributed by atoms with Crippen molar-refractivity contribution in [3.8, 4) is 0 Å². The maximum absolute atomic E-state index is 10.9. The minimum atomic E-state index is -0.336. The van der Waals surface area contributed by atoms with Crippen LogP contribution in [0.3, 0.4) is 0 Å². The molecule has 116 valence electrons. The highest BCUT2D eigenvalue weighted by Gasteiger charge is 2.39. The van der Waals surface area contributed by atoms with Crippen LogP contribution in [0.4, 0.5) is 0 Å². The zero-order chi connectivity index (χ0) is 16.0. The Morgan fingerprint density at radius 2 is 1.83 bits per heavy atom. The summed E-state index contributed by atoms with van der Waals surface area (Å²) in [5, 5.41) is 2.52. The second-order valence-electron chi connectivity index (χ2n) is 6.80. The van der Waals surface area contributed by atoms with Gasteiger partial charge in [0.15, 0.2) is 0 Å². The molecule has 1 fully saturated rings. The Morgan fingerprint density at radius 1 is 1.09 bits per heavy atom. The highest BCUT2D eigenvalue weighted by atomic mass is 16.1. The first-order chi connectivity index (χ1) is 11.2. The third-order valence-electron chi connectivity index (χ3n) is 5.20. The minimum Gasteiger partial charge on any atom is -0.338 e. The van der Waals surface area contributed by atoms with Crippen LogP contribution in [0.5, 0.6) is 0 Å². The topological polar surface area (TPSA) is 34.4 Å². The van der Waals surface area contributed by atoms with Crippen molar-refractivity contribution in [3.05, 3.63) is 48.0 Å². The molecule has 2 aromatic carbocycles. The van der Waals surface area contributed by atoms with E-state index in [1.165, 1.54) is 21.8 Å². The van der Waals surface area contributed by atoms with Crippen molar-refractivity contribution in [3.63, 3.8) is 0 Å². The molecule has 0 amide bonds. The third-order valence-corrected chi connectivity index (χ3v) is 5.20. The maximum atomic E-state index is 10.9. The number of para-hydroxylation sites is 1. The van der Waals surface area contributed by atoms with E-state index in [1.807, 2.05) is 0 Å². The summed E-state index contributed by atoms with van der Waals surface area (Å²) in [6.07, 6.45) is 4.79. The van der Waals surface area contributed by atoms with Gasteiger partial charge in [-0.05, 0) is 56.9 Å². The van der Waals surface area contributed by atoms with Crippen molar-refractivity contribution in [2.24, 2.45) is 4.99 Å². The van der Waals surface area contributed by atoms with Crippen LogP contribution < -0.4 is 0 Å². The molecule has 3 aromatic rings. The SMILES string of the molecule is CC(C)n1c2ccccc2c2cc(C3(N=C=O)CCC3)ccc21. The van der Waals surface area contributed by atoms with Crippen LogP contribution in [0.15, 0.2) is 47.5 Å². The minimum absolute atomic E-state index is 0.336. The normalized spacial score (nSPS) is 16.5. The summed E-state index contributed by atoms with van der Waals surface area (Å²) in [6.45, 7) is 4.42. The Kier molecular flexibility index (Phi) is 3.14. The summed E-state index contributed by atoms with van der Waals surface area (Å²) in [5.74, 6) is 0. The van der Waals surface area contributed by atoms with E-state index in [0.717, 1.165) is 24.8 Å². The Hall–Kier alpha value is -2.38. The Balaban J connectivity index is 2.03. The zero-order valence-electron chi connectivity index (χ0n) is 13.5. The van der Waals surface area contributed by atoms with Gasteiger partial charge in [0.1, 0.15) is 0 Å².